The van der Waals surface area contributed by atoms with Crippen molar-refractivity contribution in [3.63, 3.8) is 0 Å². The number of anilines is 1. The first kappa shape index (κ1) is 34.7. The zero-order valence-corrected chi connectivity index (χ0v) is 29.5. The summed E-state index contributed by atoms with van der Waals surface area (Å²) in [6.07, 6.45) is 5.29. The van der Waals surface area contributed by atoms with Gasteiger partial charge in [-0.25, -0.2) is 8.42 Å². The lowest BCUT2D eigenvalue weighted by atomic mass is 9.94. The van der Waals surface area contributed by atoms with Crippen LogP contribution in [0.2, 0.25) is 5.02 Å². The van der Waals surface area contributed by atoms with E-state index < -0.39 is 28.5 Å². The molecule has 7 nitrogen and oxygen atoms in total. The Balaban J connectivity index is 1.55. The molecule has 1 saturated carbocycles. The zero-order valence-electron chi connectivity index (χ0n) is 26.3. The van der Waals surface area contributed by atoms with E-state index in [1.807, 2.05) is 61.5 Å². The second-order valence-electron chi connectivity index (χ2n) is 12.0. The topological polar surface area (TPSA) is 86.8 Å². The molecule has 0 radical (unpaired) electrons. The van der Waals surface area contributed by atoms with Crippen molar-refractivity contribution in [3.8, 4) is 0 Å². The highest BCUT2D eigenvalue weighted by Crippen LogP contribution is 2.27. The highest BCUT2D eigenvalue weighted by Gasteiger charge is 2.35. The maximum Gasteiger partial charge on any atom is 0.264 e. The minimum Gasteiger partial charge on any atom is -0.352 e. The average molecular weight is 737 g/mol. The summed E-state index contributed by atoms with van der Waals surface area (Å²) in [5.74, 6) is -0.746. The molecule has 0 saturated heterocycles. The largest absolute Gasteiger partial charge is 0.352 e. The van der Waals surface area contributed by atoms with Crippen LogP contribution in [0, 0.1) is 6.92 Å². The number of nitrogens with one attached hydrogen (secondary N) is 1. The average Bonchev–Trinajstić information content (AvgIpc) is 3.07. The van der Waals surface area contributed by atoms with Crippen molar-refractivity contribution in [3.05, 3.63) is 129 Å². The summed E-state index contributed by atoms with van der Waals surface area (Å²) in [5.41, 5.74) is 2.90. The smallest absolute Gasteiger partial charge is 0.264 e. The first-order valence-corrected chi connectivity index (χ1v) is 18.4. The van der Waals surface area contributed by atoms with E-state index in [4.69, 9.17) is 11.6 Å². The second kappa shape index (κ2) is 16.0. The Bertz CT molecular complexity index is 1750. The summed E-state index contributed by atoms with van der Waals surface area (Å²) in [6.45, 7) is 1.47. The van der Waals surface area contributed by atoms with E-state index in [1.165, 1.54) is 17.0 Å². The maximum atomic E-state index is 14.6. The summed E-state index contributed by atoms with van der Waals surface area (Å²) in [6, 6.07) is 29.1. The summed E-state index contributed by atoms with van der Waals surface area (Å²) in [5, 5.41) is 3.67. The Kier molecular flexibility index (Phi) is 11.8. The van der Waals surface area contributed by atoms with Gasteiger partial charge in [0.25, 0.3) is 10.0 Å². The molecule has 1 unspecified atom stereocenters. The number of carbonyl (C=O) groups is 2. The summed E-state index contributed by atoms with van der Waals surface area (Å²) >= 11 is 9.64. The summed E-state index contributed by atoms with van der Waals surface area (Å²) in [7, 11) is -4.18. The van der Waals surface area contributed by atoms with Crippen molar-refractivity contribution in [2.24, 2.45) is 0 Å². The lowest BCUT2D eigenvalue weighted by molar-refractivity contribution is -0.140. The molecule has 10 heteroatoms. The molecule has 5 rings (SSSR count). The third-order valence-corrected chi connectivity index (χ3v) is 11.1. The fourth-order valence-corrected chi connectivity index (χ4v) is 7.66. The van der Waals surface area contributed by atoms with Gasteiger partial charge < -0.3 is 10.2 Å². The van der Waals surface area contributed by atoms with Gasteiger partial charge in [-0.05, 0) is 79.4 Å². The second-order valence-corrected chi connectivity index (χ2v) is 15.2. The maximum absolute atomic E-state index is 14.6. The van der Waals surface area contributed by atoms with Gasteiger partial charge in [-0.3, -0.25) is 13.9 Å². The Hall–Kier alpha value is -3.66. The molecule has 0 heterocycles. The van der Waals surface area contributed by atoms with Crippen LogP contribution in [-0.4, -0.2) is 43.8 Å². The Morgan fingerprint density at radius 1 is 0.851 bits per heavy atom. The summed E-state index contributed by atoms with van der Waals surface area (Å²) < 4.78 is 30.3. The Morgan fingerprint density at radius 2 is 1.49 bits per heavy atom. The molecule has 1 fully saturated rings. The lowest BCUT2D eigenvalue weighted by Gasteiger charge is -2.35. The quantitative estimate of drug-likeness (QED) is 0.162. The van der Waals surface area contributed by atoms with E-state index in [0.717, 1.165) is 57.6 Å². The van der Waals surface area contributed by atoms with Gasteiger partial charge in [-0.1, -0.05) is 107 Å². The van der Waals surface area contributed by atoms with Gasteiger partial charge in [-0.2, -0.15) is 0 Å². The van der Waals surface area contributed by atoms with Gasteiger partial charge in [-0.15, -0.1) is 0 Å². The molecule has 1 N–H and O–H groups in total. The molecule has 2 amide bonds. The van der Waals surface area contributed by atoms with Gasteiger partial charge >= 0.3 is 0 Å². The van der Waals surface area contributed by atoms with Crippen LogP contribution in [0.5, 0.6) is 0 Å². The predicted octanol–water partition coefficient (Wildman–Crippen LogP) is 7.70. The number of rotatable bonds is 12. The third-order valence-electron chi connectivity index (χ3n) is 8.49. The van der Waals surface area contributed by atoms with Crippen molar-refractivity contribution in [2.75, 3.05) is 10.8 Å². The van der Waals surface area contributed by atoms with Gasteiger partial charge in [0.1, 0.15) is 12.6 Å². The van der Waals surface area contributed by atoms with E-state index in [1.54, 1.807) is 36.4 Å². The molecule has 246 valence electrons. The molecular formula is C37H39BrClN3O4S. The van der Waals surface area contributed by atoms with Crippen molar-refractivity contribution >= 4 is 55.1 Å². The number of nitrogens with zero attached hydrogens (tertiary/aromatic N) is 2. The molecule has 1 atom stereocenters. The molecule has 1 aliphatic carbocycles. The lowest BCUT2D eigenvalue weighted by Crippen LogP contribution is -2.55. The van der Waals surface area contributed by atoms with Crippen LogP contribution in [0.4, 0.5) is 5.69 Å². The van der Waals surface area contributed by atoms with Gasteiger partial charge in [0, 0.05) is 28.5 Å². The van der Waals surface area contributed by atoms with Crippen LogP contribution in [0.1, 0.15) is 48.8 Å². The molecule has 1 aliphatic rings. The van der Waals surface area contributed by atoms with E-state index in [0.29, 0.717) is 5.02 Å². The zero-order chi connectivity index (χ0) is 33.4. The van der Waals surface area contributed by atoms with Crippen LogP contribution >= 0.6 is 27.5 Å². The molecule has 0 spiro atoms. The van der Waals surface area contributed by atoms with E-state index in [9.17, 15) is 18.0 Å². The molecule has 4 aromatic rings. The standard InChI is InChI=1S/C37H39BrClN3O4S/c1-27-12-22-34(23-13-27)47(45,46)42(33-20-18-31(39)19-21-33)26-36(43)41(25-29-14-16-30(38)17-15-29)35(24-28-8-4-2-5-9-28)37(44)40-32-10-6-3-7-11-32/h2,4-5,8-9,12-23,32,35H,3,6-7,10-11,24-26H2,1H3,(H,40,44). The fraction of sp³-hybridized carbons (Fsp3) is 0.297. The van der Waals surface area contributed by atoms with Gasteiger partial charge in [0.15, 0.2) is 0 Å². The van der Waals surface area contributed by atoms with E-state index in [-0.39, 0.29) is 35.5 Å². The van der Waals surface area contributed by atoms with Crippen molar-refractivity contribution < 1.29 is 18.0 Å². The number of aryl methyl sites for hydroxylation is 1. The Labute approximate surface area is 291 Å². The van der Waals surface area contributed by atoms with Crippen LogP contribution in [0.25, 0.3) is 0 Å². The minimum absolute atomic E-state index is 0.0339. The highest BCUT2D eigenvalue weighted by molar-refractivity contribution is 9.10. The van der Waals surface area contributed by atoms with E-state index in [2.05, 4.69) is 21.2 Å². The molecule has 0 aromatic heterocycles. The number of carbonyl (C=O) groups excluding carboxylic acids is 2. The molecule has 4 aromatic carbocycles. The third kappa shape index (κ3) is 9.24. The normalized spacial score (nSPS) is 14.3. The molecule has 47 heavy (non-hydrogen) atoms. The van der Waals surface area contributed by atoms with Crippen molar-refractivity contribution in [2.45, 2.75) is 69.0 Å². The van der Waals surface area contributed by atoms with Crippen molar-refractivity contribution in [1.82, 2.24) is 10.2 Å². The highest BCUT2D eigenvalue weighted by atomic mass is 79.9. The van der Waals surface area contributed by atoms with E-state index >= 15 is 0 Å². The number of hydrogen-bond acceptors (Lipinski definition) is 4. The number of benzene rings is 4. The summed E-state index contributed by atoms with van der Waals surface area (Å²) in [4.78, 5) is 30.4. The molecular weight excluding hydrogens is 698 g/mol. The monoisotopic (exact) mass is 735 g/mol. The number of sulfonamides is 1. The molecule has 0 bridgehead atoms. The van der Waals surface area contributed by atoms with Crippen LogP contribution in [-0.2, 0) is 32.6 Å². The predicted molar refractivity (Wildman–Crippen MR) is 191 cm³/mol. The Morgan fingerprint density at radius 3 is 2.13 bits per heavy atom. The first-order chi connectivity index (χ1) is 22.6. The van der Waals surface area contributed by atoms with Gasteiger partial charge in [0.2, 0.25) is 11.8 Å². The number of halogens is 2. The van der Waals surface area contributed by atoms with Crippen LogP contribution < -0.4 is 9.62 Å². The van der Waals surface area contributed by atoms with Crippen LogP contribution in [0.15, 0.2) is 112 Å². The first-order valence-electron chi connectivity index (χ1n) is 15.8. The fourth-order valence-electron chi connectivity index (χ4n) is 5.86. The van der Waals surface area contributed by atoms with Gasteiger partial charge in [0.05, 0.1) is 10.6 Å². The number of amides is 2. The van der Waals surface area contributed by atoms with Crippen molar-refractivity contribution in [1.29, 1.82) is 0 Å². The van der Waals surface area contributed by atoms with Crippen LogP contribution in [0.3, 0.4) is 0 Å². The minimum atomic E-state index is -4.18. The number of hydrogen-bond donors (Lipinski definition) is 1. The molecule has 0 aliphatic heterocycles. The SMILES string of the molecule is Cc1ccc(S(=O)(=O)N(CC(=O)N(Cc2ccc(Br)cc2)C(Cc2ccccc2)C(=O)NC2CCCCC2)c2ccc(Cl)cc2)cc1.